The van der Waals surface area contributed by atoms with Gasteiger partial charge in [-0.2, -0.15) is 0 Å². The van der Waals surface area contributed by atoms with E-state index in [9.17, 15) is 14.4 Å². The zero-order valence-corrected chi connectivity index (χ0v) is 15.4. The van der Waals surface area contributed by atoms with Crippen LogP contribution in [0.25, 0.3) is 0 Å². The van der Waals surface area contributed by atoms with Gasteiger partial charge >= 0.3 is 0 Å². The Morgan fingerprint density at radius 1 is 1.08 bits per heavy atom. The Hall–Kier alpha value is -2.63. The molecular formula is C17H14BrN3O3S. The van der Waals surface area contributed by atoms with Crippen LogP contribution in [0.4, 0.5) is 5.69 Å². The molecule has 0 fully saturated rings. The van der Waals surface area contributed by atoms with Gasteiger partial charge in [-0.1, -0.05) is 12.0 Å². The molecule has 1 heterocycles. The molecular weight excluding hydrogens is 406 g/mol. The number of carbonyl (C=O) groups excluding carboxylic acids is 3. The second-order valence-corrected chi connectivity index (χ2v) is 7.30. The number of halogens is 1. The summed E-state index contributed by atoms with van der Waals surface area (Å²) in [6.45, 7) is -0.423. The largest absolute Gasteiger partial charge is 0.345 e. The maximum Gasteiger partial charge on any atom is 0.261 e. The van der Waals surface area contributed by atoms with Gasteiger partial charge in [0.15, 0.2) is 0 Å². The number of hydrogen-bond donors (Lipinski definition) is 3. The number of benzene rings is 1. The highest BCUT2D eigenvalue weighted by Crippen LogP contribution is 2.21. The average molecular weight is 420 g/mol. The number of amides is 3. The van der Waals surface area contributed by atoms with Crippen LogP contribution in [0.5, 0.6) is 0 Å². The van der Waals surface area contributed by atoms with Crippen molar-refractivity contribution < 1.29 is 14.4 Å². The van der Waals surface area contributed by atoms with Crippen molar-refractivity contribution in [2.45, 2.75) is 0 Å². The molecule has 0 aliphatic heterocycles. The molecule has 6 nitrogen and oxygen atoms in total. The molecule has 0 radical (unpaired) electrons. The van der Waals surface area contributed by atoms with Gasteiger partial charge in [-0.15, -0.1) is 17.8 Å². The van der Waals surface area contributed by atoms with Crippen LogP contribution in [0.15, 0.2) is 40.2 Å². The molecule has 0 atom stereocenters. The lowest BCUT2D eigenvalue weighted by Crippen LogP contribution is -2.40. The maximum absolute atomic E-state index is 11.8. The second-order valence-electron chi connectivity index (χ2n) is 4.84. The van der Waals surface area contributed by atoms with E-state index in [2.05, 4.69) is 37.8 Å². The maximum atomic E-state index is 11.8. The van der Waals surface area contributed by atoms with Gasteiger partial charge in [-0.25, -0.2) is 0 Å². The van der Waals surface area contributed by atoms with Crippen molar-refractivity contribution in [1.29, 1.82) is 0 Å². The molecule has 3 amide bonds. The first-order valence-corrected chi connectivity index (χ1v) is 8.75. The molecule has 2 aromatic rings. The summed E-state index contributed by atoms with van der Waals surface area (Å²) in [6, 6.07) is 10.2. The van der Waals surface area contributed by atoms with Crippen molar-refractivity contribution in [1.82, 2.24) is 10.6 Å². The highest BCUT2D eigenvalue weighted by molar-refractivity contribution is 9.11. The Morgan fingerprint density at radius 2 is 1.84 bits per heavy atom. The van der Waals surface area contributed by atoms with Gasteiger partial charge in [-0.3, -0.25) is 14.4 Å². The first-order chi connectivity index (χ1) is 12.0. The van der Waals surface area contributed by atoms with Crippen molar-refractivity contribution in [2.75, 3.05) is 18.4 Å². The highest BCUT2D eigenvalue weighted by atomic mass is 79.9. The molecule has 0 spiro atoms. The Balaban J connectivity index is 1.73. The van der Waals surface area contributed by atoms with Crippen molar-refractivity contribution >= 4 is 50.7 Å². The van der Waals surface area contributed by atoms with Gasteiger partial charge in [0.05, 0.1) is 21.8 Å². The van der Waals surface area contributed by atoms with E-state index in [1.54, 1.807) is 36.4 Å². The third-order valence-electron chi connectivity index (χ3n) is 2.97. The number of nitrogens with one attached hydrogen (secondary N) is 3. The lowest BCUT2D eigenvalue weighted by Gasteiger charge is -2.08. The molecule has 128 valence electrons. The summed E-state index contributed by atoms with van der Waals surface area (Å²) in [5.74, 6) is 1.27. The topological polar surface area (TPSA) is 87.3 Å². The second kappa shape index (κ2) is 9.01. The van der Waals surface area contributed by atoms with E-state index in [0.29, 0.717) is 16.1 Å². The zero-order valence-electron chi connectivity index (χ0n) is 13.0. The molecule has 0 bridgehead atoms. The third-order valence-corrected chi connectivity index (χ3v) is 4.59. The lowest BCUT2D eigenvalue weighted by atomic mass is 10.2. The highest BCUT2D eigenvalue weighted by Gasteiger charge is 2.11. The number of rotatable bonds is 6. The Labute approximate surface area is 157 Å². The van der Waals surface area contributed by atoms with Gasteiger partial charge in [0, 0.05) is 11.3 Å². The van der Waals surface area contributed by atoms with Crippen molar-refractivity contribution in [3.63, 3.8) is 0 Å². The SMILES string of the molecule is C#Cc1cccc(NC(=O)CNC(=O)CNC(=O)c2ccc(Br)s2)c1. The van der Waals surface area contributed by atoms with E-state index in [4.69, 9.17) is 6.42 Å². The molecule has 0 aliphatic carbocycles. The Morgan fingerprint density at radius 3 is 2.52 bits per heavy atom. The lowest BCUT2D eigenvalue weighted by molar-refractivity contribution is -0.123. The van der Waals surface area contributed by atoms with Gasteiger partial charge in [-0.05, 0) is 46.3 Å². The minimum Gasteiger partial charge on any atom is -0.345 e. The Kier molecular flexibility index (Phi) is 6.74. The van der Waals surface area contributed by atoms with E-state index in [0.717, 1.165) is 3.79 Å². The zero-order chi connectivity index (χ0) is 18.2. The number of thiophene rings is 1. The number of hydrogen-bond acceptors (Lipinski definition) is 4. The molecule has 2 rings (SSSR count). The molecule has 0 aliphatic rings. The summed E-state index contributed by atoms with van der Waals surface area (Å²) >= 11 is 4.53. The minimum atomic E-state index is -0.462. The summed E-state index contributed by atoms with van der Waals surface area (Å²) in [7, 11) is 0. The van der Waals surface area contributed by atoms with E-state index in [1.807, 2.05) is 0 Å². The monoisotopic (exact) mass is 419 g/mol. The fourth-order valence-electron chi connectivity index (χ4n) is 1.82. The van der Waals surface area contributed by atoms with Gasteiger partial charge < -0.3 is 16.0 Å². The fraction of sp³-hybridized carbons (Fsp3) is 0.118. The summed E-state index contributed by atoms with van der Waals surface area (Å²) in [4.78, 5) is 35.8. The van der Waals surface area contributed by atoms with Gasteiger partial charge in [0.25, 0.3) is 5.91 Å². The van der Waals surface area contributed by atoms with Crippen molar-refractivity contribution in [3.8, 4) is 12.3 Å². The van der Waals surface area contributed by atoms with Crippen LogP contribution < -0.4 is 16.0 Å². The normalized spacial score (nSPS) is 9.76. The van der Waals surface area contributed by atoms with Crippen LogP contribution in [0.2, 0.25) is 0 Å². The summed E-state index contributed by atoms with van der Waals surface area (Å²) in [5.41, 5.74) is 1.19. The van der Waals surface area contributed by atoms with Gasteiger partial charge in [0.1, 0.15) is 0 Å². The molecule has 0 saturated heterocycles. The number of carbonyl (C=O) groups is 3. The Bertz CT molecular complexity index is 842. The van der Waals surface area contributed by atoms with Crippen molar-refractivity contribution in [3.05, 3.63) is 50.6 Å². The molecule has 8 heteroatoms. The molecule has 1 aromatic heterocycles. The molecule has 3 N–H and O–H groups in total. The van der Waals surface area contributed by atoms with Crippen LogP contribution in [0, 0.1) is 12.3 Å². The molecule has 25 heavy (non-hydrogen) atoms. The summed E-state index contributed by atoms with van der Waals surface area (Å²) in [6.07, 6.45) is 5.29. The quantitative estimate of drug-likeness (QED) is 0.625. The van der Waals surface area contributed by atoms with Crippen LogP contribution in [0.3, 0.4) is 0 Å². The summed E-state index contributed by atoms with van der Waals surface area (Å²) in [5, 5.41) is 7.54. The van der Waals surface area contributed by atoms with Crippen LogP contribution in [-0.2, 0) is 9.59 Å². The minimum absolute atomic E-state index is 0.209. The van der Waals surface area contributed by atoms with Gasteiger partial charge in [0.2, 0.25) is 11.8 Å². The summed E-state index contributed by atoms with van der Waals surface area (Å²) < 4.78 is 0.827. The van der Waals surface area contributed by atoms with Crippen LogP contribution in [-0.4, -0.2) is 30.8 Å². The van der Waals surface area contributed by atoms with Crippen molar-refractivity contribution in [2.24, 2.45) is 0 Å². The van der Waals surface area contributed by atoms with E-state index in [-0.39, 0.29) is 19.0 Å². The number of terminal acetylenes is 1. The van der Waals surface area contributed by atoms with E-state index in [1.165, 1.54) is 11.3 Å². The molecule has 0 saturated carbocycles. The van der Waals surface area contributed by atoms with E-state index >= 15 is 0 Å². The third kappa shape index (κ3) is 6.06. The average Bonchev–Trinajstić information content (AvgIpc) is 3.04. The van der Waals surface area contributed by atoms with Crippen LogP contribution in [0.1, 0.15) is 15.2 Å². The predicted octanol–water partition coefficient (Wildman–Crippen LogP) is 1.98. The molecule has 0 unspecified atom stereocenters. The standard InChI is InChI=1S/C17H14BrN3O3S/c1-2-11-4-3-5-12(8-11)21-16(23)10-19-15(22)9-20-17(24)13-6-7-14(18)25-13/h1,3-8H,9-10H2,(H,19,22)(H,20,24)(H,21,23). The predicted molar refractivity (Wildman–Crippen MR) is 100 cm³/mol. The van der Waals surface area contributed by atoms with Crippen LogP contribution >= 0.6 is 27.3 Å². The first kappa shape index (κ1) is 18.7. The first-order valence-electron chi connectivity index (χ1n) is 7.14. The smallest absolute Gasteiger partial charge is 0.261 e. The number of anilines is 1. The fourth-order valence-corrected chi connectivity index (χ4v) is 3.12. The molecule has 1 aromatic carbocycles. The van der Waals surface area contributed by atoms with E-state index < -0.39 is 11.8 Å².